The minimum Gasteiger partial charge on any atom is -0.311 e. The molecule has 0 bridgehead atoms. The summed E-state index contributed by atoms with van der Waals surface area (Å²) < 4.78 is 1.98. The molecule has 3 heterocycles. The number of hydrogen-bond donors (Lipinski definition) is 1. The number of amides is 1. The molecule has 2 aromatic rings. The van der Waals surface area contributed by atoms with Gasteiger partial charge in [-0.2, -0.15) is 5.10 Å². The van der Waals surface area contributed by atoms with E-state index >= 15 is 0 Å². The van der Waals surface area contributed by atoms with Crippen molar-refractivity contribution in [2.75, 3.05) is 5.32 Å². The molecule has 1 N–H and O–H groups in total. The first kappa shape index (κ1) is 16.5. The number of nitrogens with one attached hydrogen (secondary N) is 1. The number of hydrogen-bond acceptors (Lipinski definition) is 4. The number of Topliss-reactive ketones (excluding diaryl/α,β-unsaturated/α-hetero) is 1. The summed E-state index contributed by atoms with van der Waals surface area (Å²) in [5, 5.41) is 9.61. The van der Waals surface area contributed by atoms with Crippen molar-refractivity contribution < 1.29 is 9.59 Å². The Hall–Kier alpha value is -1.95. The monoisotopic (exact) mass is 357 g/mol. The maximum absolute atomic E-state index is 12.3. The number of carbonyl (C=O) groups is 2. The lowest BCUT2D eigenvalue weighted by Gasteiger charge is -2.25. The lowest BCUT2D eigenvalue weighted by Crippen LogP contribution is -2.26. The van der Waals surface area contributed by atoms with Gasteiger partial charge < -0.3 is 5.32 Å². The first-order valence-electron chi connectivity index (χ1n) is 9.06. The van der Waals surface area contributed by atoms with E-state index < -0.39 is 0 Å². The van der Waals surface area contributed by atoms with Gasteiger partial charge in [-0.15, -0.1) is 11.3 Å². The van der Waals surface area contributed by atoms with Crippen LogP contribution in [0.1, 0.15) is 72.2 Å². The van der Waals surface area contributed by atoms with Crippen LogP contribution in [0.15, 0.2) is 17.6 Å². The number of ketones is 1. The van der Waals surface area contributed by atoms with Crippen LogP contribution < -0.4 is 5.32 Å². The minimum absolute atomic E-state index is 0.00629. The fourth-order valence-corrected chi connectivity index (χ4v) is 4.90. The van der Waals surface area contributed by atoms with Crippen molar-refractivity contribution in [3.63, 3.8) is 0 Å². The second-order valence-corrected chi connectivity index (χ2v) is 8.15. The van der Waals surface area contributed by atoms with Gasteiger partial charge in [-0.1, -0.05) is 19.3 Å². The highest BCUT2D eigenvalue weighted by Gasteiger charge is 2.31. The molecule has 1 aliphatic heterocycles. The summed E-state index contributed by atoms with van der Waals surface area (Å²) in [6, 6.07) is 1.93. The molecule has 0 saturated heterocycles. The van der Waals surface area contributed by atoms with Crippen molar-refractivity contribution in [1.82, 2.24) is 9.78 Å². The Kier molecular flexibility index (Phi) is 4.46. The fraction of sp³-hybridized carbons (Fsp3) is 0.526. The minimum atomic E-state index is -0.00629. The maximum Gasteiger partial charge on any atom is 0.226 e. The summed E-state index contributed by atoms with van der Waals surface area (Å²) in [6.07, 6.45) is 8.74. The van der Waals surface area contributed by atoms with E-state index in [-0.39, 0.29) is 17.6 Å². The van der Waals surface area contributed by atoms with E-state index in [0.717, 1.165) is 28.4 Å². The van der Waals surface area contributed by atoms with Gasteiger partial charge in [0.25, 0.3) is 0 Å². The Morgan fingerprint density at radius 2 is 2.16 bits per heavy atom. The summed E-state index contributed by atoms with van der Waals surface area (Å²) >= 11 is 1.45. The Morgan fingerprint density at radius 1 is 1.36 bits per heavy atom. The molecular formula is C19H23N3O2S. The predicted octanol–water partition coefficient (Wildman–Crippen LogP) is 4.20. The van der Waals surface area contributed by atoms with Crippen LogP contribution in [0.3, 0.4) is 0 Å². The molecule has 1 aliphatic carbocycles. The molecule has 0 spiro atoms. The first-order valence-corrected chi connectivity index (χ1v) is 9.94. The zero-order valence-electron chi connectivity index (χ0n) is 14.5. The standard InChI is InChI=1S/C19H23N3O2S/c1-12(23)17-7-14(11-25-17)15-8-18(24)21-19-16(15)9-20-22(19)10-13-5-3-2-4-6-13/h7,9,11,13,15H,2-6,8,10H2,1H3,(H,21,24). The molecule has 1 amide bonds. The van der Waals surface area contributed by atoms with Gasteiger partial charge in [0.05, 0.1) is 11.1 Å². The zero-order valence-corrected chi connectivity index (χ0v) is 15.3. The van der Waals surface area contributed by atoms with Crippen LogP contribution in [0.4, 0.5) is 5.82 Å². The van der Waals surface area contributed by atoms with Crippen molar-refractivity contribution in [2.45, 2.75) is 57.9 Å². The third-order valence-corrected chi connectivity index (χ3v) is 6.46. The van der Waals surface area contributed by atoms with Gasteiger partial charge in [0, 0.05) is 24.4 Å². The van der Waals surface area contributed by atoms with E-state index in [1.54, 1.807) is 6.92 Å². The molecule has 6 heteroatoms. The first-order chi connectivity index (χ1) is 12.1. The van der Waals surface area contributed by atoms with E-state index in [1.807, 2.05) is 22.3 Å². The highest BCUT2D eigenvalue weighted by molar-refractivity contribution is 7.12. The van der Waals surface area contributed by atoms with E-state index in [9.17, 15) is 9.59 Å². The molecule has 1 saturated carbocycles. The molecule has 132 valence electrons. The highest BCUT2D eigenvalue weighted by Crippen LogP contribution is 2.39. The topological polar surface area (TPSA) is 64.0 Å². The van der Waals surface area contributed by atoms with Gasteiger partial charge in [0.2, 0.25) is 5.91 Å². The Bertz CT molecular complexity index is 801. The van der Waals surface area contributed by atoms with Crippen LogP contribution in [0, 0.1) is 5.92 Å². The van der Waals surface area contributed by atoms with Crippen molar-refractivity contribution in [3.05, 3.63) is 33.6 Å². The smallest absolute Gasteiger partial charge is 0.226 e. The van der Waals surface area contributed by atoms with Crippen LogP contribution in [-0.2, 0) is 11.3 Å². The number of aromatic nitrogens is 2. The second-order valence-electron chi connectivity index (χ2n) is 7.24. The third kappa shape index (κ3) is 3.27. The highest BCUT2D eigenvalue weighted by atomic mass is 32.1. The summed E-state index contributed by atoms with van der Waals surface area (Å²) in [5.41, 5.74) is 2.12. The van der Waals surface area contributed by atoms with Crippen molar-refractivity contribution in [2.24, 2.45) is 5.92 Å². The van der Waals surface area contributed by atoms with E-state index in [0.29, 0.717) is 12.3 Å². The SMILES string of the molecule is CC(=O)c1cc(C2CC(=O)Nc3c2cnn3CC2CCCCC2)cs1. The maximum atomic E-state index is 12.3. The lowest BCUT2D eigenvalue weighted by molar-refractivity contribution is -0.116. The molecule has 1 fully saturated rings. The number of thiophene rings is 1. The van der Waals surface area contributed by atoms with Crippen LogP contribution >= 0.6 is 11.3 Å². The molecule has 1 unspecified atom stereocenters. The fourth-order valence-electron chi connectivity index (χ4n) is 4.04. The Morgan fingerprint density at radius 3 is 2.88 bits per heavy atom. The van der Waals surface area contributed by atoms with Gasteiger partial charge in [-0.25, -0.2) is 4.68 Å². The average Bonchev–Trinajstić information content (AvgIpc) is 3.23. The Balaban J connectivity index is 1.62. The molecule has 0 aromatic carbocycles. The number of carbonyl (C=O) groups excluding carboxylic acids is 2. The lowest BCUT2D eigenvalue weighted by atomic mass is 9.88. The van der Waals surface area contributed by atoms with Crippen molar-refractivity contribution in [1.29, 1.82) is 0 Å². The quantitative estimate of drug-likeness (QED) is 0.834. The van der Waals surface area contributed by atoms with Gasteiger partial charge in [-0.3, -0.25) is 9.59 Å². The van der Waals surface area contributed by atoms with Gasteiger partial charge in [0.1, 0.15) is 5.82 Å². The van der Waals surface area contributed by atoms with E-state index in [4.69, 9.17) is 0 Å². The number of fused-ring (bicyclic) bond motifs is 1. The van der Waals surface area contributed by atoms with E-state index in [1.165, 1.54) is 43.4 Å². The van der Waals surface area contributed by atoms with Crippen LogP contribution in [-0.4, -0.2) is 21.5 Å². The predicted molar refractivity (Wildman–Crippen MR) is 98.2 cm³/mol. The normalized spacial score (nSPS) is 21.0. The van der Waals surface area contributed by atoms with Crippen LogP contribution in [0.5, 0.6) is 0 Å². The van der Waals surface area contributed by atoms with Crippen molar-refractivity contribution in [3.8, 4) is 0 Å². The van der Waals surface area contributed by atoms with Gasteiger partial charge in [0.15, 0.2) is 5.78 Å². The largest absolute Gasteiger partial charge is 0.311 e. The van der Waals surface area contributed by atoms with Gasteiger partial charge in [-0.05, 0) is 42.7 Å². The average molecular weight is 357 g/mol. The molecule has 4 rings (SSSR count). The Labute approximate surface area is 151 Å². The number of rotatable bonds is 4. The summed E-state index contributed by atoms with van der Waals surface area (Å²) in [7, 11) is 0. The molecule has 25 heavy (non-hydrogen) atoms. The van der Waals surface area contributed by atoms with Gasteiger partial charge >= 0.3 is 0 Å². The van der Waals surface area contributed by atoms with Crippen LogP contribution in [0.2, 0.25) is 0 Å². The number of nitrogens with zero attached hydrogens (tertiary/aromatic N) is 2. The molecule has 2 aliphatic rings. The summed E-state index contributed by atoms with van der Waals surface area (Å²) in [4.78, 5) is 24.6. The van der Waals surface area contributed by atoms with Crippen LogP contribution in [0.25, 0.3) is 0 Å². The molecular weight excluding hydrogens is 334 g/mol. The summed E-state index contributed by atoms with van der Waals surface area (Å²) in [6.45, 7) is 2.46. The second kappa shape index (κ2) is 6.75. The molecule has 2 aromatic heterocycles. The zero-order chi connectivity index (χ0) is 17.4. The molecule has 0 radical (unpaired) electrons. The molecule has 5 nitrogen and oxygen atoms in total. The van der Waals surface area contributed by atoms with Crippen molar-refractivity contribution >= 4 is 28.8 Å². The van der Waals surface area contributed by atoms with E-state index in [2.05, 4.69) is 10.4 Å². The third-order valence-electron chi connectivity index (χ3n) is 5.42. The molecule has 1 atom stereocenters. The number of anilines is 1. The summed E-state index contributed by atoms with van der Waals surface area (Å²) in [5.74, 6) is 1.60.